The summed E-state index contributed by atoms with van der Waals surface area (Å²) in [5, 5.41) is 32.4. The van der Waals surface area contributed by atoms with Crippen LogP contribution in [0.25, 0.3) is 11.2 Å². The Kier molecular flexibility index (Phi) is 10.0. The fraction of sp³-hybridized carbons (Fsp3) is 0.457. The number of carbonyl (C=O) groups excluding carboxylic acids is 2. The quantitative estimate of drug-likeness (QED) is 0.0714. The summed E-state index contributed by atoms with van der Waals surface area (Å²) >= 11 is 0. The number of imidazole rings is 1. The fourth-order valence-corrected chi connectivity index (χ4v) is 8.77. The van der Waals surface area contributed by atoms with E-state index in [9.17, 15) is 24.4 Å². The highest BCUT2D eigenvalue weighted by atomic mass is 31.2. The maximum Gasteiger partial charge on any atom is 0.342 e. The van der Waals surface area contributed by atoms with Crippen LogP contribution in [-0.4, -0.2) is 90.9 Å². The summed E-state index contributed by atoms with van der Waals surface area (Å²) < 4.78 is 39.5. The van der Waals surface area contributed by atoms with Gasteiger partial charge in [0.2, 0.25) is 5.95 Å². The molecule has 2 aliphatic carbocycles. The molecule has 0 bridgehead atoms. The molecule has 0 amide bonds. The maximum absolute atomic E-state index is 15.0. The van der Waals surface area contributed by atoms with E-state index in [0.29, 0.717) is 28.1 Å². The zero-order valence-electron chi connectivity index (χ0n) is 29.4. The van der Waals surface area contributed by atoms with Crippen LogP contribution >= 0.6 is 7.67 Å². The number of benzene rings is 2. The highest BCUT2D eigenvalue weighted by Crippen LogP contribution is 2.68. The Bertz CT molecular complexity index is 1950. The van der Waals surface area contributed by atoms with Crippen LogP contribution in [-0.2, 0) is 32.9 Å². The van der Waals surface area contributed by atoms with E-state index in [1.165, 1.54) is 6.33 Å². The molecule has 4 aromatic rings. The average molecular weight is 751 g/mol. The number of aliphatic hydroxyl groups is 2. The molecule has 2 aromatic heterocycles. The smallest absolute Gasteiger partial charge is 0.342 e. The number of carbonyl (C=O) groups is 2. The lowest BCUT2D eigenvalue weighted by atomic mass is 10.1. The molecular weight excluding hydrogens is 707 g/mol. The fourth-order valence-electron chi connectivity index (χ4n) is 7.00. The Hall–Kier alpha value is -4.48. The highest BCUT2D eigenvalue weighted by molar-refractivity contribution is 7.54. The summed E-state index contributed by atoms with van der Waals surface area (Å²) in [7, 11) is -4.49. The number of nitrogens with one attached hydrogen (secondary N) is 3. The second-order valence-corrected chi connectivity index (χ2v) is 15.3. The van der Waals surface area contributed by atoms with Crippen LogP contribution in [0.15, 0.2) is 67.0 Å². The Morgan fingerprint density at radius 1 is 1.00 bits per heavy atom. The van der Waals surface area contributed by atoms with Crippen LogP contribution in [0, 0.1) is 0 Å². The van der Waals surface area contributed by atoms with Crippen LogP contribution in [0.2, 0.25) is 0 Å². The van der Waals surface area contributed by atoms with Gasteiger partial charge in [-0.05, 0) is 44.7 Å². The predicted octanol–water partition coefficient (Wildman–Crippen LogP) is 2.70. The standard InChI is InChI=1S/C35H43N8O9P/c1-4-49-30(45)24(20-12-8-6-9-13-20)41-53(48,42-25(31(46)50-5-2)21-14-10-7-11-15-21)51-18-23-27(44)35(47)32(34(35,3)52-23)43-19-37-26-28(38-22-16-17-22)39-33(36)40-29(26)43/h6-15,19,22-25,27,32,44,47H,4-5,16-18H2,1-3H3,(H2,41,42,48)(H3,36,38,39,40). The molecule has 3 fully saturated rings. The van der Waals surface area contributed by atoms with Gasteiger partial charge in [-0.25, -0.2) is 24.7 Å². The molecule has 7 rings (SSSR count). The van der Waals surface area contributed by atoms with Gasteiger partial charge in [0.05, 0.1) is 26.1 Å². The first-order valence-corrected chi connectivity index (χ1v) is 19.1. The van der Waals surface area contributed by atoms with E-state index in [2.05, 4.69) is 30.4 Å². The predicted molar refractivity (Wildman–Crippen MR) is 191 cm³/mol. The lowest BCUT2D eigenvalue weighted by Crippen LogP contribution is -2.42. The third-order valence-electron chi connectivity index (χ3n) is 9.81. The van der Waals surface area contributed by atoms with E-state index in [4.69, 9.17) is 24.5 Å². The van der Waals surface area contributed by atoms with Crippen molar-refractivity contribution in [2.75, 3.05) is 30.9 Å². The molecule has 1 aliphatic heterocycles. The van der Waals surface area contributed by atoms with Crippen LogP contribution in [0.5, 0.6) is 0 Å². The van der Waals surface area contributed by atoms with Crippen molar-refractivity contribution < 1.29 is 43.1 Å². The number of ether oxygens (including phenoxy) is 3. The number of hydrogen-bond acceptors (Lipinski definition) is 14. The number of nitrogens with zero attached hydrogens (tertiary/aromatic N) is 4. The number of rotatable bonds is 16. The lowest BCUT2D eigenvalue weighted by Gasteiger charge is -2.30. The minimum Gasteiger partial charge on any atom is -0.465 e. The summed E-state index contributed by atoms with van der Waals surface area (Å²) in [6, 6.07) is 13.8. The van der Waals surface area contributed by atoms with Crippen molar-refractivity contribution in [3.63, 3.8) is 0 Å². The first kappa shape index (κ1) is 36.9. The first-order chi connectivity index (χ1) is 25.4. The second-order valence-electron chi connectivity index (χ2n) is 13.4. The summed E-state index contributed by atoms with van der Waals surface area (Å²) in [5.41, 5.74) is 4.50. The van der Waals surface area contributed by atoms with Crippen LogP contribution in [0.3, 0.4) is 0 Å². The lowest BCUT2D eigenvalue weighted by molar-refractivity contribution is -0.145. The molecule has 2 aromatic carbocycles. The first-order valence-electron chi connectivity index (χ1n) is 17.5. The van der Waals surface area contributed by atoms with Crippen molar-refractivity contribution >= 4 is 42.5 Å². The van der Waals surface area contributed by atoms with Crippen molar-refractivity contribution in [2.24, 2.45) is 0 Å². The average Bonchev–Trinajstić information content (AvgIpc) is 3.97. The maximum atomic E-state index is 15.0. The van der Waals surface area contributed by atoms with Gasteiger partial charge >= 0.3 is 19.6 Å². The molecule has 17 nitrogen and oxygen atoms in total. The second kappa shape index (κ2) is 14.4. The van der Waals surface area contributed by atoms with E-state index >= 15 is 0 Å². The number of aromatic nitrogens is 4. The molecule has 282 valence electrons. The topological polar surface area (TPSA) is 234 Å². The number of esters is 2. The number of fused-ring (bicyclic) bond motifs is 2. The molecule has 2 saturated carbocycles. The molecule has 7 unspecified atom stereocenters. The van der Waals surface area contributed by atoms with Crippen LogP contribution < -0.4 is 21.2 Å². The van der Waals surface area contributed by atoms with Crippen molar-refractivity contribution in [1.29, 1.82) is 0 Å². The molecule has 3 aliphatic rings. The summed E-state index contributed by atoms with van der Waals surface area (Å²) in [5.74, 6) is -0.991. The molecule has 7 N–H and O–H groups in total. The van der Waals surface area contributed by atoms with Crippen molar-refractivity contribution in [3.8, 4) is 0 Å². The molecule has 7 atom stereocenters. The van der Waals surface area contributed by atoms with Gasteiger partial charge in [-0.2, -0.15) is 9.97 Å². The monoisotopic (exact) mass is 750 g/mol. The summed E-state index contributed by atoms with van der Waals surface area (Å²) in [4.78, 5) is 39.7. The van der Waals surface area contributed by atoms with Gasteiger partial charge in [-0.3, -0.25) is 4.57 Å². The van der Waals surface area contributed by atoms with Crippen LogP contribution in [0.1, 0.15) is 62.9 Å². The molecule has 0 spiro atoms. The third-order valence-corrected chi connectivity index (χ3v) is 11.5. The molecule has 3 heterocycles. The molecule has 53 heavy (non-hydrogen) atoms. The SMILES string of the molecule is CCOC(=O)C(NP(=O)(NC(C(=O)OCC)c1ccccc1)OCC1OC2(C)C(n3cnc4c(NC5CC5)nc(N)nc43)C2(O)C1O)c1ccccc1. The Morgan fingerprint density at radius 3 is 2.06 bits per heavy atom. The van der Waals surface area contributed by atoms with E-state index in [0.717, 1.165) is 12.8 Å². The van der Waals surface area contributed by atoms with E-state index < -0.39 is 67.8 Å². The third kappa shape index (κ3) is 6.89. The van der Waals surface area contributed by atoms with Gasteiger partial charge in [-0.1, -0.05) is 60.7 Å². The Morgan fingerprint density at radius 2 is 1.57 bits per heavy atom. The van der Waals surface area contributed by atoms with E-state index in [-0.39, 0.29) is 25.2 Å². The Labute approximate surface area is 305 Å². The van der Waals surface area contributed by atoms with Gasteiger partial charge in [0.15, 0.2) is 17.0 Å². The number of nitrogen functional groups attached to an aromatic ring is 1. The van der Waals surface area contributed by atoms with Crippen molar-refractivity contribution in [1.82, 2.24) is 29.7 Å². The molecule has 1 saturated heterocycles. The van der Waals surface area contributed by atoms with Gasteiger partial charge in [0.25, 0.3) is 0 Å². The number of anilines is 2. The van der Waals surface area contributed by atoms with Crippen molar-refractivity contribution in [2.45, 2.75) is 81.2 Å². The Balaban J connectivity index is 1.16. The molecule has 0 radical (unpaired) electrons. The number of nitrogens with two attached hydrogens (primary N) is 1. The van der Waals surface area contributed by atoms with Gasteiger partial charge in [0, 0.05) is 6.04 Å². The van der Waals surface area contributed by atoms with Crippen molar-refractivity contribution in [3.05, 3.63) is 78.1 Å². The van der Waals surface area contributed by atoms with Gasteiger partial charge in [-0.15, -0.1) is 0 Å². The summed E-state index contributed by atoms with van der Waals surface area (Å²) in [6.45, 7) is 4.47. The zero-order chi connectivity index (χ0) is 37.5. The number of hydrogen-bond donors (Lipinski definition) is 6. The largest absolute Gasteiger partial charge is 0.465 e. The number of aliphatic hydroxyl groups excluding tert-OH is 1. The van der Waals surface area contributed by atoms with Gasteiger partial charge < -0.3 is 44.6 Å². The van der Waals surface area contributed by atoms with E-state index in [1.54, 1.807) is 86.0 Å². The minimum atomic E-state index is -4.49. The van der Waals surface area contributed by atoms with Gasteiger partial charge in [0.1, 0.15) is 41.5 Å². The molecule has 18 heteroatoms. The summed E-state index contributed by atoms with van der Waals surface area (Å²) in [6.07, 6.45) is 0.746. The molecular formula is C35H43N8O9P. The van der Waals surface area contributed by atoms with Crippen LogP contribution in [0.4, 0.5) is 11.8 Å². The minimum absolute atomic E-state index is 0.0158. The normalized spacial score (nSPS) is 27.0. The van der Waals surface area contributed by atoms with E-state index in [1.807, 2.05) is 0 Å². The zero-order valence-corrected chi connectivity index (χ0v) is 30.3. The highest BCUT2D eigenvalue weighted by Gasteiger charge is 2.85.